The zero-order valence-electron chi connectivity index (χ0n) is 9.44. The Morgan fingerprint density at radius 2 is 2.18 bits per heavy atom. The van der Waals surface area contributed by atoms with Crippen LogP contribution in [0.4, 0.5) is 0 Å². The molecule has 0 radical (unpaired) electrons. The molecule has 0 amide bonds. The fraction of sp³-hybridized carbons (Fsp3) is 0.333. The van der Waals surface area contributed by atoms with E-state index in [0.717, 1.165) is 15.4 Å². The summed E-state index contributed by atoms with van der Waals surface area (Å²) in [6.45, 7) is 0.346. The minimum Gasteiger partial charge on any atom is -0.389 e. The van der Waals surface area contributed by atoms with E-state index in [1.165, 1.54) is 0 Å². The third kappa shape index (κ3) is 2.37. The minimum atomic E-state index is -0.908. The highest BCUT2D eigenvalue weighted by atomic mass is 79.9. The molecule has 0 saturated carbocycles. The van der Waals surface area contributed by atoms with Crippen LogP contribution in [0, 0.1) is 0 Å². The number of fused-ring (bicyclic) bond motifs is 1. The molecule has 4 N–H and O–H groups in total. The molecule has 0 saturated heterocycles. The zero-order valence-corrected chi connectivity index (χ0v) is 11.0. The van der Waals surface area contributed by atoms with Crippen LogP contribution in [0.2, 0.25) is 0 Å². The van der Waals surface area contributed by atoms with Gasteiger partial charge in [-0.15, -0.1) is 0 Å². The van der Waals surface area contributed by atoms with Gasteiger partial charge in [0.05, 0.1) is 6.10 Å². The summed E-state index contributed by atoms with van der Waals surface area (Å²) in [5, 5.41) is 23.7. The topological polar surface area (TPSA) is 68.3 Å². The van der Waals surface area contributed by atoms with E-state index in [4.69, 9.17) is 0 Å². The molecule has 5 heteroatoms. The van der Waals surface area contributed by atoms with E-state index in [2.05, 4.69) is 26.2 Å². The Morgan fingerprint density at radius 3 is 2.88 bits per heavy atom. The maximum atomic E-state index is 10.1. The van der Waals surface area contributed by atoms with Crippen molar-refractivity contribution in [1.82, 2.24) is 10.3 Å². The number of hydrogen-bond acceptors (Lipinski definition) is 3. The summed E-state index contributed by atoms with van der Waals surface area (Å²) in [5.74, 6) is 0. The number of H-pyrrole nitrogens is 1. The van der Waals surface area contributed by atoms with Crippen molar-refractivity contribution in [2.75, 3.05) is 13.6 Å². The predicted octanol–water partition coefficient (Wildman–Crippen LogP) is 1.54. The normalized spacial score (nSPS) is 15.1. The summed E-state index contributed by atoms with van der Waals surface area (Å²) in [6.07, 6.45) is -0.0000869. The van der Waals surface area contributed by atoms with Crippen LogP contribution in [0.5, 0.6) is 0 Å². The van der Waals surface area contributed by atoms with Crippen molar-refractivity contribution in [3.8, 4) is 0 Å². The van der Waals surface area contributed by atoms with Crippen LogP contribution < -0.4 is 5.32 Å². The lowest BCUT2D eigenvalue weighted by atomic mass is 10.0. The van der Waals surface area contributed by atoms with Crippen LogP contribution >= 0.6 is 15.9 Å². The van der Waals surface area contributed by atoms with Crippen LogP contribution in [-0.4, -0.2) is 34.9 Å². The van der Waals surface area contributed by atoms with Gasteiger partial charge in [0, 0.05) is 33.7 Å². The van der Waals surface area contributed by atoms with E-state index in [1.54, 1.807) is 13.2 Å². The second-order valence-electron chi connectivity index (χ2n) is 3.98. The predicted molar refractivity (Wildman–Crippen MR) is 70.9 cm³/mol. The Bertz CT molecular complexity index is 512. The van der Waals surface area contributed by atoms with E-state index in [0.29, 0.717) is 12.1 Å². The summed E-state index contributed by atoms with van der Waals surface area (Å²) >= 11 is 3.45. The SMILES string of the molecule is CNCC(O)C(O)c1c[nH]c2cccc(Br)c12. The molecule has 0 bridgehead atoms. The second kappa shape index (κ2) is 5.18. The van der Waals surface area contributed by atoms with Crippen LogP contribution in [0.1, 0.15) is 11.7 Å². The maximum Gasteiger partial charge on any atom is 0.108 e. The summed E-state index contributed by atoms with van der Waals surface area (Å²) in [5.41, 5.74) is 1.64. The van der Waals surface area contributed by atoms with E-state index in [1.807, 2.05) is 18.2 Å². The van der Waals surface area contributed by atoms with Gasteiger partial charge in [0.25, 0.3) is 0 Å². The molecule has 17 heavy (non-hydrogen) atoms. The first kappa shape index (κ1) is 12.6. The first-order valence-electron chi connectivity index (χ1n) is 5.41. The van der Waals surface area contributed by atoms with Crippen LogP contribution in [0.15, 0.2) is 28.9 Å². The van der Waals surface area contributed by atoms with E-state index in [9.17, 15) is 10.2 Å². The summed E-state index contributed by atoms with van der Waals surface area (Å²) in [7, 11) is 1.74. The quantitative estimate of drug-likeness (QED) is 0.692. The zero-order chi connectivity index (χ0) is 12.4. The Morgan fingerprint density at radius 1 is 1.41 bits per heavy atom. The molecule has 0 aliphatic rings. The molecule has 1 aromatic heterocycles. The largest absolute Gasteiger partial charge is 0.389 e. The average molecular weight is 299 g/mol. The number of hydrogen-bond donors (Lipinski definition) is 4. The lowest BCUT2D eigenvalue weighted by molar-refractivity contribution is 0.0211. The lowest BCUT2D eigenvalue weighted by Gasteiger charge is -2.17. The van der Waals surface area contributed by atoms with Crippen molar-refractivity contribution in [3.63, 3.8) is 0 Å². The van der Waals surface area contributed by atoms with Crippen molar-refractivity contribution in [3.05, 3.63) is 34.4 Å². The van der Waals surface area contributed by atoms with Gasteiger partial charge in [0.15, 0.2) is 0 Å². The highest BCUT2D eigenvalue weighted by Gasteiger charge is 2.21. The summed E-state index contributed by atoms with van der Waals surface area (Å²) < 4.78 is 0.905. The monoisotopic (exact) mass is 298 g/mol. The number of aromatic nitrogens is 1. The van der Waals surface area contributed by atoms with Gasteiger partial charge in [-0.1, -0.05) is 22.0 Å². The molecule has 0 aliphatic carbocycles. The second-order valence-corrected chi connectivity index (χ2v) is 4.83. The molecule has 2 aromatic rings. The highest BCUT2D eigenvalue weighted by molar-refractivity contribution is 9.10. The van der Waals surface area contributed by atoms with Gasteiger partial charge in [-0.3, -0.25) is 0 Å². The van der Waals surface area contributed by atoms with E-state index in [-0.39, 0.29) is 0 Å². The van der Waals surface area contributed by atoms with Gasteiger partial charge in [-0.05, 0) is 19.2 Å². The van der Waals surface area contributed by atoms with Crippen LogP contribution in [0.3, 0.4) is 0 Å². The van der Waals surface area contributed by atoms with Crippen LogP contribution in [-0.2, 0) is 0 Å². The fourth-order valence-corrected chi connectivity index (χ4v) is 2.52. The van der Waals surface area contributed by atoms with Crippen molar-refractivity contribution < 1.29 is 10.2 Å². The molecule has 2 atom stereocenters. The van der Waals surface area contributed by atoms with Gasteiger partial charge in [-0.2, -0.15) is 0 Å². The summed E-state index contributed by atoms with van der Waals surface area (Å²) in [4.78, 5) is 3.09. The Balaban J connectivity index is 2.42. The number of benzene rings is 1. The van der Waals surface area contributed by atoms with Gasteiger partial charge < -0.3 is 20.5 Å². The number of aliphatic hydroxyl groups excluding tert-OH is 2. The van der Waals surface area contributed by atoms with Gasteiger partial charge in [0.1, 0.15) is 6.10 Å². The standard InChI is InChI=1S/C12H15BrN2O2/c1-14-6-10(16)12(17)7-5-15-9-4-2-3-8(13)11(7)9/h2-5,10,12,14-17H,6H2,1H3. The summed E-state index contributed by atoms with van der Waals surface area (Å²) in [6, 6.07) is 5.76. The number of nitrogens with one attached hydrogen (secondary N) is 2. The molecule has 0 aliphatic heterocycles. The molecule has 1 heterocycles. The first-order chi connectivity index (χ1) is 8.15. The van der Waals surface area contributed by atoms with Crippen molar-refractivity contribution >= 4 is 26.8 Å². The molecular formula is C12H15BrN2O2. The lowest BCUT2D eigenvalue weighted by Crippen LogP contribution is -2.29. The minimum absolute atomic E-state index is 0.346. The maximum absolute atomic E-state index is 10.1. The van der Waals surface area contributed by atoms with Crippen molar-refractivity contribution in [1.29, 1.82) is 0 Å². The van der Waals surface area contributed by atoms with Gasteiger partial charge in [-0.25, -0.2) is 0 Å². The smallest absolute Gasteiger partial charge is 0.108 e. The van der Waals surface area contributed by atoms with Crippen molar-refractivity contribution in [2.24, 2.45) is 0 Å². The molecular weight excluding hydrogens is 284 g/mol. The molecule has 2 unspecified atom stereocenters. The molecule has 0 fully saturated rings. The number of likely N-dealkylation sites (N-methyl/N-ethyl adjacent to an activating group) is 1. The first-order valence-corrected chi connectivity index (χ1v) is 6.20. The number of aromatic amines is 1. The molecule has 0 spiro atoms. The van der Waals surface area contributed by atoms with E-state index < -0.39 is 12.2 Å². The third-order valence-corrected chi connectivity index (χ3v) is 3.44. The molecule has 2 rings (SSSR count). The van der Waals surface area contributed by atoms with Crippen LogP contribution in [0.25, 0.3) is 10.9 Å². The Labute approximate surface area is 108 Å². The highest BCUT2D eigenvalue weighted by Crippen LogP contribution is 2.31. The fourth-order valence-electron chi connectivity index (χ4n) is 1.93. The molecule has 1 aromatic carbocycles. The number of rotatable bonds is 4. The average Bonchev–Trinajstić information content (AvgIpc) is 2.73. The van der Waals surface area contributed by atoms with Gasteiger partial charge in [0.2, 0.25) is 0 Å². The van der Waals surface area contributed by atoms with E-state index >= 15 is 0 Å². The number of halogens is 1. The molecule has 92 valence electrons. The molecule has 4 nitrogen and oxygen atoms in total. The third-order valence-electron chi connectivity index (χ3n) is 2.78. The van der Waals surface area contributed by atoms with Crippen molar-refractivity contribution in [2.45, 2.75) is 12.2 Å². The van der Waals surface area contributed by atoms with Gasteiger partial charge >= 0.3 is 0 Å². The Hall–Kier alpha value is -0.880. The number of aliphatic hydroxyl groups is 2. The Kier molecular flexibility index (Phi) is 3.83.